The predicted octanol–water partition coefficient (Wildman–Crippen LogP) is 3.78. The van der Waals surface area contributed by atoms with E-state index in [2.05, 4.69) is 15.0 Å². The van der Waals surface area contributed by atoms with Gasteiger partial charge in [0.25, 0.3) is 0 Å². The van der Waals surface area contributed by atoms with Crippen molar-refractivity contribution in [2.45, 2.75) is 32.4 Å². The number of imidazole rings is 1. The number of hydrogen-bond acceptors (Lipinski definition) is 9. The number of hydrogen-bond donors (Lipinski definition) is 1. The van der Waals surface area contributed by atoms with Gasteiger partial charge in [0.15, 0.2) is 16.9 Å². The van der Waals surface area contributed by atoms with E-state index >= 15 is 0 Å². The Balaban J connectivity index is 1.12. The molecule has 2 aromatic heterocycles. The van der Waals surface area contributed by atoms with Gasteiger partial charge in [0, 0.05) is 12.1 Å². The average Bonchev–Trinajstić information content (AvgIpc) is 3.19. The fraction of sp³-hybridized carbons (Fsp3) is 0.476. The molecule has 170 valence electrons. The molecule has 1 fully saturated rings. The average molecular weight is 460 g/mol. The van der Waals surface area contributed by atoms with Gasteiger partial charge in [0.1, 0.15) is 13.2 Å². The Kier molecular flexibility index (Phi) is 5.86. The van der Waals surface area contributed by atoms with E-state index in [1.807, 2.05) is 28.8 Å². The van der Waals surface area contributed by atoms with Crippen LogP contribution in [0.2, 0.25) is 0 Å². The summed E-state index contributed by atoms with van der Waals surface area (Å²) in [5.74, 6) is 2.51. The first-order valence-electron chi connectivity index (χ1n) is 10.6. The highest BCUT2D eigenvalue weighted by Crippen LogP contribution is 2.65. The van der Waals surface area contributed by atoms with Crippen molar-refractivity contribution in [1.82, 2.24) is 19.5 Å². The molecule has 1 aliphatic carbocycles. The Hall–Kier alpha value is -2.52. The lowest BCUT2D eigenvalue weighted by molar-refractivity contribution is 0.0701. The molecule has 1 saturated carbocycles. The Morgan fingerprint density at radius 3 is 2.84 bits per heavy atom. The quantitative estimate of drug-likeness (QED) is 0.501. The van der Waals surface area contributed by atoms with Crippen molar-refractivity contribution in [3.05, 3.63) is 36.2 Å². The molecule has 1 unspecified atom stereocenters. The molecule has 3 heterocycles. The monoisotopic (exact) mass is 460 g/mol. The standard InChI is InChI=1S/C21H27N5O5P/c1-27-20-18-19(24-21(22)25-20)26(13-23-18)11-15-9-14(10-15)7-8-29-32(28-2)30-12-16-5-3-4-6-17(16)31-32/h3-6,13-15H,7-12H2,1-2H3,(H2,22,24,25)/q+1. The van der Waals surface area contributed by atoms with E-state index in [0.29, 0.717) is 42.1 Å². The normalized spacial score (nSPS) is 24.6. The van der Waals surface area contributed by atoms with Gasteiger partial charge >= 0.3 is 8.17 Å². The van der Waals surface area contributed by atoms with Crippen LogP contribution in [0.25, 0.3) is 11.2 Å². The number of aromatic nitrogens is 4. The zero-order chi connectivity index (χ0) is 22.1. The Morgan fingerprint density at radius 2 is 2.03 bits per heavy atom. The topological polar surface area (TPSA) is 116 Å². The number of nitrogens with two attached hydrogens (primary N) is 1. The van der Waals surface area contributed by atoms with Gasteiger partial charge in [-0.2, -0.15) is 9.97 Å². The van der Waals surface area contributed by atoms with Crippen LogP contribution in [0, 0.1) is 11.8 Å². The van der Waals surface area contributed by atoms with Gasteiger partial charge in [-0.05, 0) is 37.2 Å². The van der Waals surface area contributed by atoms with Gasteiger partial charge in [-0.15, -0.1) is 13.6 Å². The van der Waals surface area contributed by atoms with Gasteiger partial charge in [-0.3, -0.25) is 4.52 Å². The van der Waals surface area contributed by atoms with Crippen molar-refractivity contribution in [2.24, 2.45) is 11.8 Å². The van der Waals surface area contributed by atoms with Crippen LogP contribution in [0.1, 0.15) is 24.8 Å². The first-order valence-corrected chi connectivity index (χ1v) is 12.1. The van der Waals surface area contributed by atoms with E-state index < -0.39 is 8.17 Å². The Bertz CT molecular complexity index is 1110. The first-order chi connectivity index (χ1) is 15.6. The highest BCUT2D eigenvalue weighted by atomic mass is 31.2. The molecule has 0 bridgehead atoms. The third-order valence-electron chi connectivity index (χ3n) is 5.99. The molecule has 10 nitrogen and oxygen atoms in total. The number of nitrogen functional groups attached to an aromatic ring is 1. The number of anilines is 1. The highest BCUT2D eigenvalue weighted by Gasteiger charge is 2.53. The molecule has 2 aliphatic rings. The van der Waals surface area contributed by atoms with Crippen molar-refractivity contribution in [1.29, 1.82) is 0 Å². The molecule has 0 saturated heterocycles. The van der Waals surface area contributed by atoms with E-state index in [1.54, 1.807) is 20.5 Å². The van der Waals surface area contributed by atoms with Crippen LogP contribution in [0.4, 0.5) is 5.95 Å². The smallest absolute Gasteiger partial charge is 0.479 e. The Morgan fingerprint density at radius 1 is 1.19 bits per heavy atom. The largest absolute Gasteiger partial charge is 0.621 e. The van der Waals surface area contributed by atoms with Gasteiger partial charge in [-0.1, -0.05) is 18.2 Å². The van der Waals surface area contributed by atoms with Crippen LogP contribution in [-0.2, 0) is 26.7 Å². The number of nitrogens with zero attached hydrogens (tertiary/aromatic N) is 4. The van der Waals surface area contributed by atoms with E-state index in [9.17, 15) is 0 Å². The lowest BCUT2D eigenvalue weighted by Crippen LogP contribution is -2.28. The van der Waals surface area contributed by atoms with E-state index in [4.69, 9.17) is 28.6 Å². The molecule has 0 amide bonds. The van der Waals surface area contributed by atoms with Crippen molar-refractivity contribution >= 4 is 25.3 Å². The SMILES string of the molecule is COc1nc(N)nc2c1ncn2CC1CC(CCO[P+]2(OC)OCc3ccccc3O2)C1. The molecule has 11 heteroatoms. The maximum Gasteiger partial charge on any atom is 0.621 e. The van der Waals surface area contributed by atoms with Crippen molar-refractivity contribution in [2.75, 3.05) is 26.6 Å². The highest BCUT2D eigenvalue weighted by molar-refractivity contribution is 7.56. The Labute approximate surface area is 186 Å². The zero-order valence-electron chi connectivity index (χ0n) is 18.1. The van der Waals surface area contributed by atoms with Gasteiger partial charge in [0.2, 0.25) is 11.8 Å². The van der Waals surface area contributed by atoms with Crippen LogP contribution in [0.3, 0.4) is 0 Å². The molecule has 1 atom stereocenters. The number of rotatable bonds is 8. The van der Waals surface area contributed by atoms with Crippen LogP contribution >= 0.6 is 8.17 Å². The van der Waals surface area contributed by atoms with Crippen LogP contribution in [0.15, 0.2) is 30.6 Å². The lowest BCUT2D eigenvalue weighted by atomic mass is 9.73. The molecule has 5 rings (SSSR count). The van der Waals surface area contributed by atoms with E-state index in [0.717, 1.165) is 37.1 Å². The maximum absolute atomic E-state index is 6.00. The van der Waals surface area contributed by atoms with Gasteiger partial charge in [-0.25, -0.2) is 4.98 Å². The number of ether oxygens (including phenoxy) is 1. The second kappa shape index (κ2) is 8.78. The zero-order valence-corrected chi connectivity index (χ0v) is 19.0. The molecule has 1 aliphatic heterocycles. The summed E-state index contributed by atoms with van der Waals surface area (Å²) in [7, 11) is 0.326. The third-order valence-corrected chi connectivity index (χ3v) is 7.80. The van der Waals surface area contributed by atoms with E-state index in [-0.39, 0.29) is 5.95 Å². The second-order valence-electron chi connectivity index (χ2n) is 8.09. The first kappa shape index (κ1) is 21.3. The summed E-state index contributed by atoms with van der Waals surface area (Å²) in [6.07, 6.45) is 4.94. The molecule has 0 radical (unpaired) electrons. The molecule has 3 aromatic rings. The number of fused-ring (bicyclic) bond motifs is 2. The van der Waals surface area contributed by atoms with E-state index in [1.165, 1.54) is 0 Å². The van der Waals surface area contributed by atoms with Crippen molar-refractivity contribution in [3.63, 3.8) is 0 Å². The van der Waals surface area contributed by atoms with Crippen molar-refractivity contribution < 1.29 is 22.8 Å². The number of methoxy groups -OCH3 is 1. The minimum absolute atomic E-state index is 0.185. The predicted molar refractivity (Wildman–Crippen MR) is 119 cm³/mol. The van der Waals surface area contributed by atoms with Gasteiger partial charge < -0.3 is 15.0 Å². The molecular weight excluding hydrogens is 433 g/mol. The summed E-state index contributed by atoms with van der Waals surface area (Å²) >= 11 is 0. The minimum atomic E-state index is -2.80. The summed E-state index contributed by atoms with van der Waals surface area (Å²) in [6.45, 7) is 1.81. The molecule has 2 N–H and O–H groups in total. The summed E-state index contributed by atoms with van der Waals surface area (Å²) in [4.78, 5) is 12.8. The third kappa shape index (κ3) is 4.11. The fourth-order valence-electron chi connectivity index (χ4n) is 4.29. The summed E-state index contributed by atoms with van der Waals surface area (Å²) in [5.41, 5.74) is 8.15. The molecule has 32 heavy (non-hydrogen) atoms. The lowest BCUT2D eigenvalue weighted by Gasteiger charge is -2.35. The van der Waals surface area contributed by atoms with Crippen LogP contribution in [0.5, 0.6) is 11.6 Å². The fourth-order valence-corrected chi connectivity index (χ4v) is 5.80. The maximum atomic E-state index is 6.00. The van der Waals surface area contributed by atoms with Crippen molar-refractivity contribution in [3.8, 4) is 11.6 Å². The van der Waals surface area contributed by atoms with Crippen LogP contribution < -0.4 is 15.0 Å². The summed E-state index contributed by atoms with van der Waals surface area (Å²) < 4.78 is 30.6. The van der Waals surface area contributed by atoms with Crippen LogP contribution in [-0.4, -0.2) is 40.3 Å². The number of para-hydroxylation sites is 1. The minimum Gasteiger partial charge on any atom is -0.479 e. The summed E-state index contributed by atoms with van der Waals surface area (Å²) in [6, 6.07) is 7.79. The molecular formula is C21H27N5O5P+. The molecule has 0 spiro atoms. The molecule has 1 aromatic carbocycles. The number of benzene rings is 1. The van der Waals surface area contributed by atoms with Gasteiger partial charge in [0.05, 0.1) is 20.5 Å². The summed E-state index contributed by atoms with van der Waals surface area (Å²) in [5, 5.41) is 0. The second-order valence-corrected chi connectivity index (χ2v) is 10.0.